The number of imidazole rings is 1. The molecule has 0 bridgehead atoms. The molecule has 1 saturated carbocycles. The van der Waals surface area contributed by atoms with Crippen molar-refractivity contribution in [3.8, 4) is 6.07 Å². The van der Waals surface area contributed by atoms with Crippen LogP contribution >= 0.6 is 0 Å². The summed E-state index contributed by atoms with van der Waals surface area (Å²) < 4.78 is 1.50. The maximum absolute atomic E-state index is 9.16. The normalized spacial score (nSPS) is 21.1. The van der Waals surface area contributed by atoms with Gasteiger partial charge >= 0.3 is 0 Å². The molecule has 0 atom stereocenters. The number of nitriles is 1. The number of aliphatic imine (C=N–C) groups is 1. The Morgan fingerprint density at radius 3 is 2.85 bits per heavy atom. The predicted octanol–water partition coefficient (Wildman–Crippen LogP) is 1.57. The van der Waals surface area contributed by atoms with Gasteiger partial charge in [0.25, 0.3) is 0 Å². The first kappa shape index (κ1) is 14.2. The van der Waals surface area contributed by atoms with Crippen molar-refractivity contribution in [2.75, 3.05) is 0 Å². The lowest BCUT2D eigenvalue weighted by Gasteiger charge is -2.27. The molecule has 0 unspecified atom stereocenters. The monoisotopic (exact) mass is 271 g/mol. The van der Waals surface area contributed by atoms with Crippen LogP contribution in [0.15, 0.2) is 23.3 Å². The van der Waals surface area contributed by atoms with Gasteiger partial charge in [-0.25, -0.2) is 9.50 Å². The van der Waals surface area contributed by atoms with E-state index in [-0.39, 0.29) is 12.1 Å². The highest BCUT2D eigenvalue weighted by Gasteiger charge is 2.25. The quantitative estimate of drug-likeness (QED) is 0.840. The molecule has 6 nitrogen and oxygen atoms in total. The van der Waals surface area contributed by atoms with Crippen molar-refractivity contribution < 1.29 is 5.11 Å². The molecule has 1 fully saturated rings. The number of fused-ring (bicyclic) bond motifs is 1. The molecular formula is C14H17N5O. The molecule has 0 saturated heterocycles. The first-order valence-electron chi connectivity index (χ1n) is 6.72. The van der Waals surface area contributed by atoms with Crippen molar-refractivity contribution in [1.29, 1.82) is 5.26 Å². The minimum Gasteiger partial charge on any atom is -0.393 e. The van der Waals surface area contributed by atoms with E-state index in [1.807, 2.05) is 26.0 Å². The van der Waals surface area contributed by atoms with Gasteiger partial charge in [-0.05, 0) is 25.0 Å². The molecular weight excluding hydrogens is 254 g/mol. The number of aliphatic hydroxyl groups excluding tert-OH is 1. The van der Waals surface area contributed by atoms with Gasteiger partial charge in [-0.15, -0.1) is 0 Å². The Bertz CT molecular complexity index is 649. The number of hydrogen-bond donors (Lipinski definition) is 1. The third-order valence-corrected chi connectivity index (χ3v) is 3.00. The topological polar surface area (TPSA) is 86.6 Å². The second-order valence-corrected chi connectivity index (χ2v) is 4.34. The van der Waals surface area contributed by atoms with Gasteiger partial charge in [-0.1, -0.05) is 13.8 Å². The highest BCUT2D eigenvalue weighted by Crippen LogP contribution is 2.22. The molecule has 1 aliphatic rings. The average molecular weight is 271 g/mol. The van der Waals surface area contributed by atoms with E-state index in [1.165, 1.54) is 10.7 Å². The molecule has 3 rings (SSSR count). The second-order valence-electron chi connectivity index (χ2n) is 4.34. The van der Waals surface area contributed by atoms with Crippen LogP contribution in [0.25, 0.3) is 5.65 Å². The molecule has 104 valence electrons. The molecule has 20 heavy (non-hydrogen) atoms. The predicted molar refractivity (Wildman–Crippen MR) is 75.7 cm³/mol. The SMILES string of the molecule is CC.N#Cc1cnc2ccc(C=NC3CC(O)C3)nn12. The van der Waals surface area contributed by atoms with Gasteiger partial charge in [0.15, 0.2) is 11.3 Å². The molecule has 2 heterocycles. The van der Waals surface area contributed by atoms with E-state index in [1.54, 1.807) is 12.3 Å². The average Bonchev–Trinajstić information content (AvgIpc) is 2.86. The summed E-state index contributed by atoms with van der Waals surface area (Å²) in [5.41, 5.74) is 1.72. The summed E-state index contributed by atoms with van der Waals surface area (Å²) in [5, 5.41) is 22.3. The molecule has 2 aromatic heterocycles. The third kappa shape index (κ3) is 2.83. The van der Waals surface area contributed by atoms with E-state index in [2.05, 4.69) is 15.1 Å². The number of hydrogen-bond acceptors (Lipinski definition) is 5. The molecule has 0 radical (unpaired) electrons. The second kappa shape index (κ2) is 6.26. The van der Waals surface area contributed by atoms with Crippen molar-refractivity contribution in [2.45, 2.75) is 38.8 Å². The Hall–Kier alpha value is -2.26. The van der Waals surface area contributed by atoms with E-state index >= 15 is 0 Å². The van der Waals surface area contributed by atoms with Crippen LogP contribution in [0.2, 0.25) is 0 Å². The van der Waals surface area contributed by atoms with E-state index in [0.29, 0.717) is 29.9 Å². The fourth-order valence-electron chi connectivity index (χ4n) is 1.90. The fourth-order valence-corrected chi connectivity index (χ4v) is 1.90. The smallest absolute Gasteiger partial charge is 0.162 e. The first-order chi connectivity index (χ1) is 9.76. The zero-order chi connectivity index (χ0) is 14.5. The summed E-state index contributed by atoms with van der Waals surface area (Å²) in [5.74, 6) is 0. The molecule has 1 aliphatic carbocycles. The van der Waals surface area contributed by atoms with Crippen LogP contribution in [-0.2, 0) is 0 Å². The zero-order valence-corrected chi connectivity index (χ0v) is 11.6. The lowest BCUT2D eigenvalue weighted by Crippen LogP contribution is -2.31. The summed E-state index contributed by atoms with van der Waals surface area (Å²) in [6.07, 6.45) is 4.39. The summed E-state index contributed by atoms with van der Waals surface area (Å²) in [6.45, 7) is 4.00. The highest BCUT2D eigenvalue weighted by molar-refractivity contribution is 5.77. The number of rotatable bonds is 2. The van der Waals surface area contributed by atoms with Crippen molar-refractivity contribution in [2.24, 2.45) is 4.99 Å². The Balaban J connectivity index is 0.000000704. The van der Waals surface area contributed by atoms with Gasteiger partial charge < -0.3 is 5.11 Å². The van der Waals surface area contributed by atoms with Crippen LogP contribution in [0.4, 0.5) is 0 Å². The summed E-state index contributed by atoms with van der Waals surface area (Å²) >= 11 is 0. The van der Waals surface area contributed by atoms with Crippen LogP contribution in [0.3, 0.4) is 0 Å². The molecule has 1 N–H and O–H groups in total. The Morgan fingerprint density at radius 2 is 2.20 bits per heavy atom. The van der Waals surface area contributed by atoms with Crippen LogP contribution in [0.1, 0.15) is 38.1 Å². The lowest BCUT2D eigenvalue weighted by molar-refractivity contribution is 0.0780. The number of aromatic nitrogens is 3. The van der Waals surface area contributed by atoms with Gasteiger partial charge in [0.05, 0.1) is 18.3 Å². The maximum Gasteiger partial charge on any atom is 0.162 e. The standard InChI is InChI=1S/C12H11N5O.C2H6/c13-5-10-7-15-12-2-1-8(16-17(10)12)6-14-9-3-11(18)4-9;1-2/h1-2,6-7,9,11,18H,3-4H2;1-2H3. The van der Waals surface area contributed by atoms with Gasteiger partial charge in [-0.3, -0.25) is 4.99 Å². The number of aliphatic hydroxyl groups is 1. The lowest BCUT2D eigenvalue weighted by atomic mass is 9.90. The molecule has 0 amide bonds. The van der Waals surface area contributed by atoms with E-state index in [4.69, 9.17) is 10.4 Å². The van der Waals surface area contributed by atoms with Crippen molar-refractivity contribution in [1.82, 2.24) is 14.6 Å². The van der Waals surface area contributed by atoms with Crippen LogP contribution < -0.4 is 0 Å². The number of nitrogens with zero attached hydrogens (tertiary/aromatic N) is 5. The molecule has 0 spiro atoms. The van der Waals surface area contributed by atoms with Crippen molar-refractivity contribution in [3.05, 3.63) is 29.7 Å². The molecule has 0 aliphatic heterocycles. The molecule has 6 heteroatoms. The summed E-state index contributed by atoms with van der Waals surface area (Å²) in [7, 11) is 0. The maximum atomic E-state index is 9.16. The molecule has 0 aromatic carbocycles. The van der Waals surface area contributed by atoms with Crippen molar-refractivity contribution in [3.63, 3.8) is 0 Å². The van der Waals surface area contributed by atoms with Gasteiger partial charge in [0.1, 0.15) is 11.8 Å². The third-order valence-electron chi connectivity index (χ3n) is 3.00. The van der Waals surface area contributed by atoms with E-state index in [9.17, 15) is 0 Å². The minimum absolute atomic E-state index is 0.190. The Morgan fingerprint density at radius 1 is 1.45 bits per heavy atom. The van der Waals surface area contributed by atoms with Crippen LogP contribution in [-0.4, -0.2) is 38.1 Å². The Kier molecular flexibility index (Phi) is 4.43. The zero-order valence-electron chi connectivity index (χ0n) is 11.6. The van der Waals surface area contributed by atoms with E-state index < -0.39 is 0 Å². The Labute approximate surface area is 117 Å². The van der Waals surface area contributed by atoms with E-state index in [0.717, 1.165) is 0 Å². The van der Waals surface area contributed by atoms with Crippen molar-refractivity contribution >= 4 is 11.9 Å². The largest absolute Gasteiger partial charge is 0.393 e. The van der Waals surface area contributed by atoms with Crippen LogP contribution in [0.5, 0.6) is 0 Å². The summed E-state index contributed by atoms with van der Waals surface area (Å²) in [6, 6.07) is 5.83. The van der Waals surface area contributed by atoms with Gasteiger partial charge in [-0.2, -0.15) is 10.4 Å². The minimum atomic E-state index is -0.207. The fraction of sp³-hybridized carbons (Fsp3) is 0.429. The van der Waals surface area contributed by atoms with Gasteiger partial charge in [0.2, 0.25) is 0 Å². The van der Waals surface area contributed by atoms with Crippen LogP contribution in [0, 0.1) is 11.3 Å². The highest BCUT2D eigenvalue weighted by atomic mass is 16.3. The molecule has 2 aromatic rings. The van der Waals surface area contributed by atoms with Gasteiger partial charge in [0, 0.05) is 6.21 Å². The first-order valence-corrected chi connectivity index (χ1v) is 6.72. The summed E-state index contributed by atoms with van der Waals surface area (Å²) in [4.78, 5) is 8.40.